The van der Waals surface area contributed by atoms with Gasteiger partial charge >= 0.3 is 0 Å². The highest BCUT2D eigenvalue weighted by Crippen LogP contribution is 2.81. The minimum absolute atomic E-state index is 0.245. The van der Waals surface area contributed by atoms with Crippen LogP contribution in [0.5, 0.6) is 0 Å². The summed E-state index contributed by atoms with van der Waals surface area (Å²) in [4.78, 5) is 0. The Morgan fingerprint density at radius 1 is 1.00 bits per heavy atom. The molecule has 9 unspecified atom stereocenters. The molecule has 2 N–H and O–H groups in total. The normalized spacial score (nSPS) is 77.8. The highest BCUT2D eigenvalue weighted by atomic mass is 16.3. The van der Waals surface area contributed by atoms with E-state index in [4.69, 9.17) is 0 Å². The van der Waals surface area contributed by atoms with Gasteiger partial charge in [0, 0.05) is 5.92 Å². The van der Waals surface area contributed by atoms with Crippen LogP contribution in [0.25, 0.3) is 0 Å². The Kier molecular flexibility index (Phi) is 1.18. The first-order valence-electron chi connectivity index (χ1n) is 6.99. The lowest BCUT2D eigenvalue weighted by molar-refractivity contribution is -0.225. The molecular formula is C14H20O2. The molecule has 0 spiro atoms. The highest BCUT2D eigenvalue weighted by Gasteiger charge is 2.83. The van der Waals surface area contributed by atoms with Crippen LogP contribution in [0.3, 0.4) is 0 Å². The molecule has 0 aromatic heterocycles. The summed E-state index contributed by atoms with van der Waals surface area (Å²) in [6, 6.07) is 0. The SMILES string of the molecule is CC1CC2C3CC4(O)CC5C3C2C4C5(O)C1. The molecule has 0 heterocycles. The van der Waals surface area contributed by atoms with Crippen molar-refractivity contribution in [2.75, 3.05) is 0 Å². The predicted molar refractivity (Wildman–Crippen MR) is 58.5 cm³/mol. The third kappa shape index (κ3) is 0.626. The van der Waals surface area contributed by atoms with E-state index < -0.39 is 11.2 Å². The third-order valence-corrected chi connectivity index (χ3v) is 7.10. The van der Waals surface area contributed by atoms with E-state index in [0.717, 1.165) is 37.0 Å². The molecule has 6 aliphatic rings. The summed E-state index contributed by atoms with van der Waals surface area (Å²) in [5, 5.41) is 21.8. The smallest absolute Gasteiger partial charge is 0.0740 e. The average Bonchev–Trinajstić information content (AvgIpc) is 2.48. The maximum absolute atomic E-state index is 11.1. The summed E-state index contributed by atoms with van der Waals surface area (Å²) in [5.41, 5.74) is -0.951. The van der Waals surface area contributed by atoms with Crippen LogP contribution >= 0.6 is 0 Å². The molecule has 2 nitrogen and oxygen atoms in total. The molecule has 0 saturated heterocycles. The van der Waals surface area contributed by atoms with E-state index in [1.54, 1.807) is 0 Å². The van der Waals surface area contributed by atoms with E-state index in [1.807, 2.05) is 0 Å². The molecule has 6 aliphatic carbocycles. The first-order chi connectivity index (χ1) is 7.55. The molecule has 6 rings (SSSR count). The van der Waals surface area contributed by atoms with Crippen molar-refractivity contribution in [3.05, 3.63) is 0 Å². The van der Waals surface area contributed by atoms with Gasteiger partial charge in [-0.3, -0.25) is 0 Å². The minimum Gasteiger partial charge on any atom is -0.389 e. The molecule has 9 atom stereocenters. The fourth-order valence-corrected chi connectivity index (χ4v) is 7.20. The summed E-state index contributed by atoms with van der Waals surface area (Å²) >= 11 is 0. The Morgan fingerprint density at radius 2 is 1.81 bits per heavy atom. The van der Waals surface area contributed by atoms with E-state index in [-0.39, 0.29) is 5.92 Å². The Labute approximate surface area is 96.0 Å². The molecule has 2 heteroatoms. The topological polar surface area (TPSA) is 40.5 Å². The third-order valence-electron chi connectivity index (χ3n) is 7.10. The van der Waals surface area contributed by atoms with E-state index >= 15 is 0 Å². The van der Waals surface area contributed by atoms with Gasteiger partial charge in [-0.1, -0.05) is 6.92 Å². The van der Waals surface area contributed by atoms with Gasteiger partial charge in [0.1, 0.15) is 0 Å². The second-order valence-corrected chi connectivity index (χ2v) is 7.61. The van der Waals surface area contributed by atoms with Crippen molar-refractivity contribution in [3.63, 3.8) is 0 Å². The van der Waals surface area contributed by atoms with Crippen molar-refractivity contribution in [2.24, 2.45) is 41.4 Å². The van der Waals surface area contributed by atoms with Crippen LogP contribution in [0, 0.1) is 41.4 Å². The summed E-state index contributed by atoms with van der Waals surface area (Å²) in [6.45, 7) is 2.30. The first-order valence-corrected chi connectivity index (χ1v) is 6.99. The number of rotatable bonds is 0. The van der Waals surface area contributed by atoms with Crippen LogP contribution in [0.2, 0.25) is 0 Å². The maximum Gasteiger partial charge on any atom is 0.0740 e. The van der Waals surface area contributed by atoms with Crippen molar-refractivity contribution < 1.29 is 10.2 Å². The van der Waals surface area contributed by atoms with Crippen LogP contribution < -0.4 is 0 Å². The van der Waals surface area contributed by atoms with Crippen LogP contribution in [-0.2, 0) is 0 Å². The van der Waals surface area contributed by atoms with Gasteiger partial charge in [-0.25, -0.2) is 0 Å². The van der Waals surface area contributed by atoms with Gasteiger partial charge in [-0.05, 0) is 61.2 Å². The molecule has 6 saturated carbocycles. The average molecular weight is 220 g/mol. The lowest BCUT2D eigenvalue weighted by atomic mass is 9.41. The van der Waals surface area contributed by atoms with Gasteiger partial charge < -0.3 is 10.2 Å². The summed E-state index contributed by atoms with van der Waals surface area (Å²) in [7, 11) is 0. The molecule has 0 radical (unpaired) electrons. The van der Waals surface area contributed by atoms with E-state index in [2.05, 4.69) is 6.92 Å². The summed E-state index contributed by atoms with van der Waals surface area (Å²) < 4.78 is 0. The molecule has 0 aromatic rings. The second-order valence-electron chi connectivity index (χ2n) is 7.61. The maximum atomic E-state index is 11.1. The minimum atomic E-state index is -0.483. The first kappa shape index (κ1) is 8.93. The molecule has 0 amide bonds. The highest BCUT2D eigenvalue weighted by molar-refractivity contribution is 5.32. The molecule has 0 aliphatic heterocycles. The largest absolute Gasteiger partial charge is 0.389 e. The lowest BCUT2D eigenvalue weighted by Gasteiger charge is -2.65. The molecule has 16 heavy (non-hydrogen) atoms. The predicted octanol–water partition coefficient (Wildman–Crippen LogP) is 1.41. The summed E-state index contributed by atoms with van der Waals surface area (Å²) in [5.74, 6) is 4.46. The fraction of sp³-hybridized carbons (Fsp3) is 1.00. The van der Waals surface area contributed by atoms with E-state index in [1.165, 1.54) is 6.42 Å². The van der Waals surface area contributed by atoms with Crippen LogP contribution in [-0.4, -0.2) is 21.4 Å². The molecule has 0 aromatic carbocycles. The summed E-state index contributed by atoms with van der Waals surface area (Å²) in [6.07, 6.45) is 4.19. The number of hydrogen-bond donors (Lipinski definition) is 2. The van der Waals surface area contributed by atoms with Crippen molar-refractivity contribution in [1.29, 1.82) is 0 Å². The Bertz CT molecular complexity index is 394. The van der Waals surface area contributed by atoms with Crippen molar-refractivity contribution in [3.8, 4) is 0 Å². The number of aliphatic hydroxyl groups is 2. The van der Waals surface area contributed by atoms with Gasteiger partial charge in [0.2, 0.25) is 0 Å². The quantitative estimate of drug-likeness (QED) is 0.648. The Morgan fingerprint density at radius 3 is 2.62 bits per heavy atom. The van der Waals surface area contributed by atoms with Gasteiger partial charge in [-0.15, -0.1) is 0 Å². The molecule has 7 bridgehead atoms. The zero-order valence-corrected chi connectivity index (χ0v) is 9.76. The lowest BCUT2D eigenvalue weighted by Crippen LogP contribution is -2.64. The molecular weight excluding hydrogens is 200 g/mol. The van der Waals surface area contributed by atoms with Crippen LogP contribution in [0.15, 0.2) is 0 Å². The van der Waals surface area contributed by atoms with Gasteiger partial charge in [-0.2, -0.15) is 0 Å². The monoisotopic (exact) mass is 220 g/mol. The van der Waals surface area contributed by atoms with Crippen molar-refractivity contribution >= 4 is 0 Å². The van der Waals surface area contributed by atoms with Crippen LogP contribution in [0.4, 0.5) is 0 Å². The second kappa shape index (κ2) is 2.12. The number of hydrogen-bond acceptors (Lipinski definition) is 2. The fourth-order valence-electron chi connectivity index (χ4n) is 7.20. The van der Waals surface area contributed by atoms with Gasteiger partial charge in [0.05, 0.1) is 11.2 Å². The van der Waals surface area contributed by atoms with Gasteiger partial charge in [0.15, 0.2) is 0 Å². The molecule has 6 fully saturated rings. The zero-order valence-electron chi connectivity index (χ0n) is 9.76. The van der Waals surface area contributed by atoms with Crippen molar-refractivity contribution in [2.45, 2.75) is 43.8 Å². The zero-order chi connectivity index (χ0) is 10.9. The van der Waals surface area contributed by atoms with E-state index in [9.17, 15) is 10.2 Å². The standard InChI is InChI=1S/C14H20O2/c1-6-2-7-8-4-13(15)5-9-10(8)11(7)12(13)14(9,16)3-6/h6-12,15-16H,2-5H2,1H3. The van der Waals surface area contributed by atoms with E-state index in [0.29, 0.717) is 17.8 Å². The molecule has 88 valence electrons. The Balaban J connectivity index is 1.76. The Hall–Kier alpha value is -0.0800. The van der Waals surface area contributed by atoms with Gasteiger partial charge in [0.25, 0.3) is 0 Å². The van der Waals surface area contributed by atoms with Crippen LogP contribution in [0.1, 0.15) is 32.6 Å². The van der Waals surface area contributed by atoms with Crippen molar-refractivity contribution in [1.82, 2.24) is 0 Å².